The zero-order valence-corrected chi connectivity index (χ0v) is 15.9. The van der Waals surface area contributed by atoms with Crippen LogP contribution in [0.4, 0.5) is 14.6 Å². The number of carboxylic acids is 1. The Bertz CT molecular complexity index is 1340. The maximum absolute atomic E-state index is 14.8. The highest BCUT2D eigenvalue weighted by atomic mass is 32.1. The molecule has 0 saturated carbocycles. The Kier molecular flexibility index (Phi) is 4.10. The van der Waals surface area contributed by atoms with Crippen LogP contribution in [0, 0.1) is 11.6 Å². The molecule has 0 radical (unpaired) electrons. The number of carbonyl (C=O) groups is 1. The molecule has 152 valence electrons. The number of aromatic nitrogens is 5. The van der Waals surface area contributed by atoms with Crippen LogP contribution >= 0.6 is 11.3 Å². The topological polar surface area (TPSA) is 106 Å². The van der Waals surface area contributed by atoms with Crippen molar-refractivity contribution in [1.29, 1.82) is 0 Å². The summed E-state index contributed by atoms with van der Waals surface area (Å²) in [5, 5.41) is 15.2. The molecule has 5 heterocycles. The highest BCUT2D eigenvalue weighted by Crippen LogP contribution is 2.30. The molecule has 0 aliphatic carbocycles. The van der Waals surface area contributed by atoms with Crippen molar-refractivity contribution in [2.45, 2.75) is 6.04 Å². The summed E-state index contributed by atoms with van der Waals surface area (Å²) in [6.45, 7) is 0.705. The molecule has 1 aliphatic heterocycles. The molecule has 0 amide bonds. The molecule has 9 nitrogen and oxygen atoms in total. The molecule has 1 N–H and O–H groups in total. The molecule has 30 heavy (non-hydrogen) atoms. The van der Waals surface area contributed by atoms with E-state index >= 15 is 0 Å². The smallest absolute Gasteiger partial charge is 0.341 e. The van der Waals surface area contributed by atoms with E-state index in [0.717, 1.165) is 18.5 Å². The lowest BCUT2D eigenvalue weighted by Crippen LogP contribution is -2.48. The predicted octanol–water partition coefficient (Wildman–Crippen LogP) is 2.08. The minimum absolute atomic E-state index is 0.0131. The van der Waals surface area contributed by atoms with E-state index in [9.17, 15) is 23.5 Å². The van der Waals surface area contributed by atoms with Crippen LogP contribution in [0.2, 0.25) is 0 Å². The van der Waals surface area contributed by atoms with Crippen molar-refractivity contribution in [1.82, 2.24) is 24.3 Å². The quantitative estimate of drug-likeness (QED) is 0.528. The van der Waals surface area contributed by atoms with Crippen LogP contribution in [0.5, 0.6) is 0 Å². The number of pyridine rings is 2. The molecule has 0 unspecified atom stereocenters. The minimum atomic E-state index is -1.42. The zero-order chi connectivity index (χ0) is 21.0. The number of fused-ring (bicyclic) bond motifs is 1. The minimum Gasteiger partial charge on any atom is -0.477 e. The largest absolute Gasteiger partial charge is 0.477 e. The molecule has 5 rings (SSSR count). The van der Waals surface area contributed by atoms with Crippen LogP contribution in [0.1, 0.15) is 16.4 Å². The first-order valence-corrected chi connectivity index (χ1v) is 9.64. The van der Waals surface area contributed by atoms with Crippen molar-refractivity contribution >= 4 is 34.2 Å². The fourth-order valence-corrected chi connectivity index (χ4v) is 4.00. The summed E-state index contributed by atoms with van der Waals surface area (Å²) in [6.07, 6.45) is 5.04. The van der Waals surface area contributed by atoms with Gasteiger partial charge in [0.25, 0.3) is 0 Å². The van der Waals surface area contributed by atoms with E-state index in [1.807, 2.05) is 0 Å². The van der Waals surface area contributed by atoms with Crippen LogP contribution in [-0.4, -0.2) is 48.5 Å². The van der Waals surface area contributed by atoms with Gasteiger partial charge in [0.2, 0.25) is 5.43 Å². The Morgan fingerprint density at radius 3 is 2.70 bits per heavy atom. The molecule has 1 fully saturated rings. The number of rotatable bonds is 4. The maximum Gasteiger partial charge on any atom is 0.341 e. The van der Waals surface area contributed by atoms with Crippen molar-refractivity contribution in [3.05, 3.63) is 63.7 Å². The molecule has 1 saturated heterocycles. The molecule has 4 aromatic heterocycles. The molecule has 0 bridgehead atoms. The van der Waals surface area contributed by atoms with Crippen LogP contribution in [0.15, 0.2) is 41.0 Å². The number of carboxylic acid groups (broad SMARTS) is 1. The normalized spacial score (nSPS) is 14.3. The van der Waals surface area contributed by atoms with E-state index in [0.29, 0.717) is 18.2 Å². The summed E-state index contributed by atoms with van der Waals surface area (Å²) >= 11 is 1.22. The van der Waals surface area contributed by atoms with Gasteiger partial charge < -0.3 is 10.0 Å². The van der Waals surface area contributed by atoms with Gasteiger partial charge in [0.05, 0.1) is 23.8 Å². The third-order valence-corrected chi connectivity index (χ3v) is 5.65. The van der Waals surface area contributed by atoms with Gasteiger partial charge in [0.15, 0.2) is 28.2 Å². The van der Waals surface area contributed by atoms with Crippen molar-refractivity contribution in [2.24, 2.45) is 0 Å². The first-order valence-electron chi connectivity index (χ1n) is 8.76. The van der Waals surface area contributed by atoms with Crippen LogP contribution in [-0.2, 0) is 0 Å². The Morgan fingerprint density at radius 2 is 2.07 bits per heavy atom. The molecule has 4 aromatic rings. The fourth-order valence-electron chi connectivity index (χ4n) is 3.38. The third kappa shape index (κ3) is 2.84. The summed E-state index contributed by atoms with van der Waals surface area (Å²) in [5.74, 6) is -2.61. The number of hydrogen-bond donors (Lipinski definition) is 1. The van der Waals surface area contributed by atoms with E-state index in [-0.39, 0.29) is 22.9 Å². The van der Waals surface area contributed by atoms with Crippen LogP contribution in [0.25, 0.3) is 16.2 Å². The molecule has 0 atom stereocenters. The second-order valence-corrected chi connectivity index (χ2v) is 7.60. The molecule has 0 spiro atoms. The number of aromatic carboxylic acids is 1. The van der Waals surface area contributed by atoms with E-state index < -0.39 is 28.6 Å². The van der Waals surface area contributed by atoms with Crippen molar-refractivity contribution in [2.75, 3.05) is 18.0 Å². The Morgan fingerprint density at radius 1 is 1.27 bits per heavy atom. The molecule has 12 heteroatoms. The van der Waals surface area contributed by atoms with Gasteiger partial charge in [0, 0.05) is 30.9 Å². The van der Waals surface area contributed by atoms with Gasteiger partial charge in [-0.1, -0.05) is 0 Å². The Balaban J connectivity index is 1.61. The van der Waals surface area contributed by atoms with Gasteiger partial charge in [-0.15, -0.1) is 11.3 Å². The van der Waals surface area contributed by atoms with Gasteiger partial charge >= 0.3 is 5.97 Å². The fraction of sp³-hybridized carbons (Fsp3) is 0.167. The number of anilines is 1. The second kappa shape index (κ2) is 6.69. The van der Waals surface area contributed by atoms with Gasteiger partial charge in [-0.3, -0.25) is 14.0 Å². The van der Waals surface area contributed by atoms with E-state index in [2.05, 4.69) is 15.1 Å². The highest BCUT2D eigenvalue weighted by Gasteiger charge is 2.32. The predicted molar refractivity (Wildman–Crippen MR) is 103 cm³/mol. The van der Waals surface area contributed by atoms with Crippen molar-refractivity contribution in [3.63, 3.8) is 0 Å². The maximum atomic E-state index is 14.8. The van der Waals surface area contributed by atoms with Gasteiger partial charge in [0.1, 0.15) is 5.56 Å². The SMILES string of the molecule is O=C(O)c1cn(-c2nccs2)c2nc(N3CC(n4cc(F)cn4)C3)c(F)cc2c1=O. The summed E-state index contributed by atoms with van der Waals surface area (Å²) in [4.78, 5) is 34.2. The van der Waals surface area contributed by atoms with Gasteiger partial charge in [-0.25, -0.2) is 23.5 Å². The lowest BCUT2D eigenvalue weighted by Gasteiger charge is -2.40. The number of nitrogens with zero attached hydrogens (tertiary/aromatic N) is 6. The average molecular weight is 430 g/mol. The average Bonchev–Trinajstić information content (AvgIpc) is 3.34. The molecular formula is C18H12F2N6O3S. The van der Waals surface area contributed by atoms with E-state index in [1.54, 1.807) is 10.3 Å². The standard InChI is InChI=1S/C18H12F2N6O3S/c19-9-4-22-26(5-9)10-6-24(7-10)16-13(20)3-11-14(27)12(17(28)29)8-25(15(11)23-16)18-21-1-2-30-18/h1-5,8,10H,6-7H2,(H,28,29). The van der Waals surface area contributed by atoms with Gasteiger partial charge in [-0.2, -0.15) is 5.10 Å². The van der Waals surface area contributed by atoms with Gasteiger partial charge in [-0.05, 0) is 6.07 Å². The van der Waals surface area contributed by atoms with Crippen LogP contribution < -0.4 is 10.3 Å². The first-order chi connectivity index (χ1) is 14.4. The van der Waals surface area contributed by atoms with E-state index in [4.69, 9.17) is 0 Å². The first kappa shape index (κ1) is 18.4. The molecule has 0 aromatic carbocycles. The van der Waals surface area contributed by atoms with E-state index in [1.165, 1.54) is 33.0 Å². The summed E-state index contributed by atoms with van der Waals surface area (Å²) in [7, 11) is 0. The summed E-state index contributed by atoms with van der Waals surface area (Å²) < 4.78 is 30.8. The lowest BCUT2D eigenvalue weighted by molar-refractivity contribution is 0.0695. The molecular weight excluding hydrogens is 418 g/mol. The summed E-state index contributed by atoms with van der Waals surface area (Å²) in [6, 6.07) is 0.860. The lowest BCUT2D eigenvalue weighted by atomic mass is 10.1. The monoisotopic (exact) mass is 430 g/mol. The number of thiazole rings is 1. The Labute approximate surface area is 170 Å². The third-order valence-electron chi connectivity index (χ3n) is 4.87. The zero-order valence-electron chi connectivity index (χ0n) is 15.1. The number of halogens is 2. The summed E-state index contributed by atoms with van der Waals surface area (Å²) in [5.41, 5.74) is -1.22. The second-order valence-electron chi connectivity index (χ2n) is 6.72. The Hall–Kier alpha value is -3.67. The van der Waals surface area contributed by atoms with Crippen molar-refractivity contribution < 1.29 is 18.7 Å². The van der Waals surface area contributed by atoms with Crippen LogP contribution in [0.3, 0.4) is 0 Å². The van der Waals surface area contributed by atoms with Crippen molar-refractivity contribution in [3.8, 4) is 5.13 Å². The molecule has 1 aliphatic rings. The highest BCUT2D eigenvalue weighted by molar-refractivity contribution is 7.12. The number of hydrogen-bond acceptors (Lipinski definition) is 7.